The molecule has 5 N–H and O–H groups in total. The molecule has 0 radical (unpaired) electrons. The van der Waals surface area contributed by atoms with E-state index < -0.39 is 17.9 Å². The molecule has 0 fully saturated rings. The Hall–Kier alpha value is -3.88. The number of nitrogens with zero attached hydrogens (tertiary/aromatic N) is 1. The number of hydrogen-bond acceptors (Lipinski definition) is 5. The predicted octanol–water partition coefficient (Wildman–Crippen LogP) is 3.33. The van der Waals surface area contributed by atoms with Gasteiger partial charge in [-0.1, -0.05) is 24.3 Å². The summed E-state index contributed by atoms with van der Waals surface area (Å²) in [6, 6.07) is 10.6. The molecule has 0 spiro atoms. The SMILES string of the molecule is Cc1c(C(=O)NC(CCNC(=O)CCCCc2ccc3c(n2)NCCC3)C(=O)O)[nH]c2ccccc12. The number of H-pyrrole nitrogens is 1. The Labute approximate surface area is 210 Å². The number of pyridine rings is 1. The molecule has 1 aliphatic heterocycles. The number of carbonyl (C=O) groups excluding carboxylic acids is 2. The second kappa shape index (κ2) is 11.7. The molecule has 3 heterocycles. The average molecular weight is 492 g/mol. The highest BCUT2D eigenvalue weighted by molar-refractivity contribution is 6.02. The van der Waals surface area contributed by atoms with E-state index in [2.05, 4.69) is 38.1 Å². The summed E-state index contributed by atoms with van der Waals surface area (Å²) in [6.45, 7) is 2.95. The monoisotopic (exact) mass is 491 g/mol. The molecule has 4 rings (SSSR count). The van der Waals surface area contributed by atoms with Gasteiger partial charge >= 0.3 is 5.97 Å². The number of hydrogen-bond donors (Lipinski definition) is 5. The van der Waals surface area contributed by atoms with Crippen LogP contribution in [-0.2, 0) is 22.4 Å². The van der Waals surface area contributed by atoms with Crippen molar-refractivity contribution in [3.8, 4) is 0 Å². The van der Waals surface area contributed by atoms with Crippen LogP contribution in [-0.4, -0.2) is 52.0 Å². The maximum Gasteiger partial charge on any atom is 0.326 e. The first-order valence-electron chi connectivity index (χ1n) is 12.5. The number of nitrogens with one attached hydrogen (secondary N) is 4. The molecule has 9 heteroatoms. The third kappa shape index (κ3) is 6.21. The summed E-state index contributed by atoms with van der Waals surface area (Å²) in [5, 5.41) is 19.1. The van der Waals surface area contributed by atoms with Gasteiger partial charge in [0, 0.05) is 36.1 Å². The second-order valence-electron chi connectivity index (χ2n) is 9.22. The van der Waals surface area contributed by atoms with Crippen LogP contribution in [0.4, 0.5) is 5.82 Å². The van der Waals surface area contributed by atoms with Gasteiger partial charge in [0.1, 0.15) is 17.6 Å². The van der Waals surface area contributed by atoms with E-state index in [4.69, 9.17) is 0 Å². The highest BCUT2D eigenvalue weighted by Crippen LogP contribution is 2.22. The number of carboxylic acids is 1. The molecule has 0 saturated heterocycles. The zero-order chi connectivity index (χ0) is 25.5. The molecule has 1 atom stereocenters. The number of aromatic nitrogens is 2. The molecule has 0 saturated carbocycles. The van der Waals surface area contributed by atoms with Gasteiger partial charge in [0.2, 0.25) is 5.91 Å². The number of carboxylic acid groups (broad SMARTS) is 1. The van der Waals surface area contributed by atoms with Gasteiger partial charge in [-0.3, -0.25) is 9.59 Å². The lowest BCUT2D eigenvalue weighted by atomic mass is 10.1. The zero-order valence-electron chi connectivity index (χ0n) is 20.5. The topological polar surface area (TPSA) is 136 Å². The standard InChI is InChI=1S/C27H33N5O4/c1-17-20-9-3-4-10-21(20)31-24(17)26(34)32-22(27(35)36)14-16-28-23(33)11-5-2-8-19-13-12-18-7-6-15-29-25(18)30-19/h3-4,9-10,12-13,22,31H,2,5-8,11,14-16H2,1H3,(H,28,33)(H,29,30)(H,32,34)(H,35,36). The first-order chi connectivity index (χ1) is 17.4. The van der Waals surface area contributed by atoms with Crippen molar-refractivity contribution in [1.29, 1.82) is 0 Å². The molecule has 1 aromatic carbocycles. The van der Waals surface area contributed by atoms with E-state index in [1.54, 1.807) is 0 Å². The molecule has 3 aromatic rings. The average Bonchev–Trinajstić information content (AvgIpc) is 3.22. The van der Waals surface area contributed by atoms with E-state index in [1.807, 2.05) is 31.2 Å². The van der Waals surface area contributed by atoms with Crippen molar-refractivity contribution in [2.24, 2.45) is 0 Å². The molecule has 9 nitrogen and oxygen atoms in total. The van der Waals surface area contributed by atoms with Crippen molar-refractivity contribution >= 4 is 34.5 Å². The first kappa shape index (κ1) is 25.2. The summed E-state index contributed by atoms with van der Waals surface area (Å²) in [6.07, 6.45) is 5.02. The minimum Gasteiger partial charge on any atom is -0.480 e. The van der Waals surface area contributed by atoms with Gasteiger partial charge in [-0.25, -0.2) is 9.78 Å². The fourth-order valence-electron chi connectivity index (χ4n) is 4.54. The van der Waals surface area contributed by atoms with Crippen molar-refractivity contribution < 1.29 is 19.5 Å². The highest BCUT2D eigenvalue weighted by atomic mass is 16.4. The molecule has 2 amide bonds. The van der Waals surface area contributed by atoms with Crippen LogP contribution < -0.4 is 16.0 Å². The molecule has 1 aliphatic rings. The van der Waals surface area contributed by atoms with Gasteiger partial charge in [0.25, 0.3) is 5.91 Å². The number of aryl methyl sites for hydroxylation is 3. The minimum absolute atomic E-state index is 0.0954. The molecular formula is C27H33N5O4. The molecular weight excluding hydrogens is 458 g/mol. The quantitative estimate of drug-likeness (QED) is 0.261. The predicted molar refractivity (Wildman–Crippen MR) is 138 cm³/mol. The van der Waals surface area contributed by atoms with E-state index in [9.17, 15) is 19.5 Å². The van der Waals surface area contributed by atoms with Crippen LogP contribution in [0.25, 0.3) is 10.9 Å². The molecule has 0 aliphatic carbocycles. The maximum atomic E-state index is 12.7. The normalized spacial score (nSPS) is 13.5. The number of rotatable bonds is 11. The van der Waals surface area contributed by atoms with E-state index in [-0.39, 0.29) is 18.9 Å². The van der Waals surface area contributed by atoms with E-state index >= 15 is 0 Å². The number of benzene rings is 1. The van der Waals surface area contributed by atoms with Crippen LogP contribution in [0.2, 0.25) is 0 Å². The Morgan fingerprint density at radius 1 is 1.14 bits per heavy atom. The van der Waals surface area contributed by atoms with E-state index in [1.165, 1.54) is 5.56 Å². The summed E-state index contributed by atoms with van der Waals surface area (Å²) in [5.74, 6) is -0.764. The highest BCUT2D eigenvalue weighted by Gasteiger charge is 2.23. The van der Waals surface area contributed by atoms with Gasteiger partial charge in [-0.15, -0.1) is 0 Å². The van der Waals surface area contributed by atoms with Gasteiger partial charge in [-0.2, -0.15) is 0 Å². The zero-order valence-corrected chi connectivity index (χ0v) is 20.5. The van der Waals surface area contributed by atoms with Crippen molar-refractivity contribution in [1.82, 2.24) is 20.6 Å². The summed E-state index contributed by atoms with van der Waals surface area (Å²) < 4.78 is 0. The number of fused-ring (bicyclic) bond motifs is 2. The van der Waals surface area contributed by atoms with Crippen LogP contribution >= 0.6 is 0 Å². The van der Waals surface area contributed by atoms with Crippen molar-refractivity contribution in [2.75, 3.05) is 18.4 Å². The van der Waals surface area contributed by atoms with Crippen LogP contribution in [0.3, 0.4) is 0 Å². The molecule has 0 bridgehead atoms. The first-order valence-corrected chi connectivity index (χ1v) is 12.5. The van der Waals surface area contributed by atoms with Crippen LogP contribution in [0.15, 0.2) is 36.4 Å². The summed E-state index contributed by atoms with van der Waals surface area (Å²) in [4.78, 5) is 44.3. The van der Waals surface area contributed by atoms with Gasteiger partial charge in [-0.05, 0) is 68.7 Å². The van der Waals surface area contributed by atoms with E-state index in [0.717, 1.165) is 66.6 Å². The number of carbonyl (C=O) groups is 3. The molecule has 36 heavy (non-hydrogen) atoms. The van der Waals surface area contributed by atoms with Gasteiger partial charge in [0.15, 0.2) is 0 Å². The fraction of sp³-hybridized carbons (Fsp3) is 0.407. The summed E-state index contributed by atoms with van der Waals surface area (Å²) >= 11 is 0. The number of aromatic amines is 1. The number of para-hydroxylation sites is 1. The van der Waals surface area contributed by atoms with Crippen molar-refractivity contribution in [3.05, 3.63) is 58.9 Å². The fourth-order valence-corrected chi connectivity index (χ4v) is 4.54. The van der Waals surface area contributed by atoms with Crippen LogP contribution in [0.1, 0.15) is 59.4 Å². The van der Waals surface area contributed by atoms with Gasteiger partial charge < -0.3 is 26.0 Å². The lowest BCUT2D eigenvalue weighted by Gasteiger charge is -2.17. The summed E-state index contributed by atoms with van der Waals surface area (Å²) in [5.41, 5.74) is 4.21. The largest absolute Gasteiger partial charge is 0.480 e. The van der Waals surface area contributed by atoms with Crippen LogP contribution in [0, 0.1) is 6.92 Å². The third-order valence-corrected chi connectivity index (χ3v) is 6.59. The van der Waals surface area contributed by atoms with Crippen molar-refractivity contribution in [2.45, 2.75) is 57.9 Å². The lowest BCUT2D eigenvalue weighted by Crippen LogP contribution is -2.43. The van der Waals surface area contributed by atoms with E-state index in [0.29, 0.717) is 12.1 Å². The summed E-state index contributed by atoms with van der Waals surface area (Å²) in [7, 11) is 0. The Balaban J connectivity index is 1.18. The van der Waals surface area contributed by atoms with Gasteiger partial charge in [0.05, 0.1) is 0 Å². The van der Waals surface area contributed by atoms with Crippen molar-refractivity contribution in [3.63, 3.8) is 0 Å². The molecule has 190 valence electrons. The Kier molecular flexibility index (Phi) is 8.20. The molecule has 1 unspecified atom stereocenters. The number of amides is 2. The second-order valence-corrected chi connectivity index (χ2v) is 9.22. The number of aliphatic carboxylic acids is 1. The lowest BCUT2D eigenvalue weighted by molar-refractivity contribution is -0.139. The van der Waals surface area contributed by atoms with Crippen LogP contribution in [0.5, 0.6) is 0 Å². The number of unbranched alkanes of at least 4 members (excludes halogenated alkanes) is 1. The Morgan fingerprint density at radius 2 is 1.97 bits per heavy atom. The maximum absolute atomic E-state index is 12.7. The Bertz CT molecular complexity index is 1250. The molecule has 2 aromatic heterocycles. The third-order valence-electron chi connectivity index (χ3n) is 6.59. The smallest absolute Gasteiger partial charge is 0.326 e. The minimum atomic E-state index is -1.14. The number of anilines is 1. The Morgan fingerprint density at radius 3 is 2.78 bits per heavy atom.